The molecule has 0 aliphatic carbocycles. The maximum absolute atomic E-state index is 14.0. The van der Waals surface area contributed by atoms with Crippen molar-refractivity contribution >= 4 is 39.1 Å². The zero-order chi connectivity index (χ0) is 14.0. The van der Waals surface area contributed by atoms with Crippen LogP contribution in [0.25, 0.3) is 0 Å². The van der Waals surface area contributed by atoms with Gasteiger partial charge in [0.05, 0.1) is 15.1 Å². The molecule has 0 bridgehead atoms. The highest BCUT2D eigenvalue weighted by Gasteiger charge is 2.14. The Morgan fingerprint density at radius 3 is 2.47 bits per heavy atom. The summed E-state index contributed by atoms with van der Waals surface area (Å²) in [7, 11) is 0. The summed E-state index contributed by atoms with van der Waals surface area (Å²) in [6.07, 6.45) is 0. The van der Waals surface area contributed by atoms with E-state index in [0.29, 0.717) is 5.02 Å². The highest BCUT2D eigenvalue weighted by atomic mass is 79.9. The number of rotatable bonds is 2. The second kappa shape index (κ2) is 5.79. The number of ether oxygens (including phenoxy) is 1. The maximum Gasteiger partial charge on any atom is 0.181 e. The quantitative estimate of drug-likeness (QED) is 0.702. The minimum Gasteiger partial charge on any atom is -0.453 e. The lowest BCUT2D eigenvalue weighted by molar-refractivity contribution is 0.440. The Labute approximate surface area is 127 Å². The van der Waals surface area contributed by atoms with Crippen LogP contribution in [0.3, 0.4) is 0 Å². The molecule has 0 fully saturated rings. The molecule has 2 rings (SSSR count). The molecule has 0 N–H and O–H groups in total. The van der Waals surface area contributed by atoms with Gasteiger partial charge in [0, 0.05) is 5.02 Å². The van der Waals surface area contributed by atoms with Gasteiger partial charge in [0.2, 0.25) is 0 Å². The van der Waals surface area contributed by atoms with Crippen LogP contribution in [-0.4, -0.2) is 0 Å². The first-order valence-electron chi connectivity index (χ1n) is 5.04. The van der Waals surface area contributed by atoms with Crippen molar-refractivity contribution in [1.82, 2.24) is 0 Å². The normalized spacial score (nSPS) is 10.1. The number of nitriles is 1. The van der Waals surface area contributed by atoms with E-state index in [2.05, 4.69) is 15.9 Å². The number of halogens is 4. The summed E-state index contributed by atoms with van der Waals surface area (Å²) < 4.78 is 19.4. The zero-order valence-corrected chi connectivity index (χ0v) is 12.4. The standard InChI is InChI=1S/C13H5BrCl2FNO/c14-12-7(6-18)1-3-11(13(12)17)19-10-4-2-8(15)5-9(10)16/h1-5H. The van der Waals surface area contributed by atoms with Crippen molar-refractivity contribution in [2.24, 2.45) is 0 Å². The van der Waals surface area contributed by atoms with Crippen LogP contribution >= 0.6 is 39.1 Å². The molecule has 0 amide bonds. The summed E-state index contributed by atoms with van der Waals surface area (Å²) in [6.45, 7) is 0. The van der Waals surface area contributed by atoms with E-state index in [1.54, 1.807) is 6.07 Å². The zero-order valence-electron chi connectivity index (χ0n) is 9.25. The van der Waals surface area contributed by atoms with Crippen LogP contribution in [0.4, 0.5) is 4.39 Å². The highest BCUT2D eigenvalue weighted by molar-refractivity contribution is 9.10. The van der Waals surface area contributed by atoms with E-state index >= 15 is 0 Å². The molecule has 6 heteroatoms. The predicted molar refractivity (Wildman–Crippen MR) is 75.4 cm³/mol. The van der Waals surface area contributed by atoms with Gasteiger partial charge in [-0.05, 0) is 46.3 Å². The minimum atomic E-state index is -0.662. The average molecular weight is 361 g/mol. The van der Waals surface area contributed by atoms with Crippen LogP contribution in [0.1, 0.15) is 5.56 Å². The van der Waals surface area contributed by atoms with Crippen LogP contribution in [0.5, 0.6) is 11.5 Å². The fourth-order valence-corrected chi connectivity index (χ4v) is 2.24. The molecule has 0 aliphatic rings. The molecule has 0 radical (unpaired) electrons. The third-order valence-corrected chi connectivity index (χ3v) is 3.59. The Morgan fingerprint density at radius 1 is 1.16 bits per heavy atom. The van der Waals surface area contributed by atoms with Crippen LogP contribution in [0.2, 0.25) is 10.0 Å². The molecule has 96 valence electrons. The van der Waals surface area contributed by atoms with Crippen LogP contribution in [0.15, 0.2) is 34.8 Å². The Hall–Kier alpha value is -1.28. The number of benzene rings is 2. The average Bonchev–Trinajstić information content (AvgIpc) is 2.38. The smallest absolute Gasteiger partial charge is 0.181 e. The molecule has 2 aromatic carbocycles. The molecule has 0 unspecified atom stereocenters. The Kier molecular flexibility index (Phi) is 4.31. The topological polar surface area (TPSA) is 33.0 Å². The second-order valence-electron chi connectivity index (χ2n) is 3.53. The van der Waals surface area contributed by atoms with Crippen LogP contribution in [-0.2, 0) is 0 Å². The summed E-state index contributed by atoms with van der Waals surface area (Å²) in [5.74, 6) is -0.415. The van der Waals surface area contributed by atoms with Gasteiger partial charge < -0.3 is 4.74 Å². The molecule has 0 saturated carbocycles. The highest BCUT2D eigenvalue weighted by Crippen LogP contribution is 2.35. The number of hydrogen-bond donors (Lipinski definition) is 0. The molecule has 19 heavy (non-hydrogen) atoms. The van der Waals surface area contributed by atoms with Gasteiger partial charge in [-0.2, -0.15) is 5.26 Å². The van der Waals surface area contributed by atoms with E-state index < -0.39 is 5.82 Å². The van der Waals surface area contributed by atoms with E-state index in [1.165, 1.54) is 24.3 Å². The van der Waals surface area contributed by atoms with Gasteiger partial charge in [-0.1, -0.05) is 23.2 Å². The van der Waals surface area contributed by atoms with E-state index in [4.69, 9.17) is 33.2 Å². The Morgan fingerprint density at radius 2 is 1.84 bits per heavy atom. The molecular formula is C13H5BrCl2FNO. The second-order valence-corrected chi connectivity index (χ2v) is 5.16. The van der Waals surface area contributed by atoms with Crippen molar-refractivity contribution < 1.29 is 9.13 Å². The fraction of sp³-hybridized carbons (Fsp3) is 0. The lowest BCUT2D eigenvalue weighted by Crippen LogP contribution is -1.92. The van der Waals surface area contributed by atoms with Gasteiger partial charge in [0.1, 0.15) is 11.8 Å². The van der Waals surface area contributed by atoms with Gasteiger partial charge in [0.15, 0.2) is 11.6 Å². The van der Waals surface area contributed by atoms with Crippen molar-refractivity contribution in [3.8, 4) is 17.6 Å². The maximum atomic E-state index is 14.0. The van der Waals surface area contributed by atoms with E-state index in [1.807, 2.05) is 6.07 Å². The predicted octanol–water partition coefficient (Wildman–Crippen LogP) is 5.56. The first-order valence-corrected chi connectivity index (χ1v) is 6.59. The minimum absolute atomic E-state index is 0.0323. The summed E-state index contributed by atoms with van der Waals surface area (Å²) in [5, 5.41) is 9.50. The van der Waals surface area contributed by atoms with Gasteiger partial charge in [-0.3, -0.25) is 0 Å². The van der Waals surface area contributed by atoms with Crippen molar-refractivity contribution in [3.05, 3.63) is 56.2 Å². The van der Waals surface area contributed by atoms with Gasteiger partial charge in [0.25, 0.3) is 0 Å². The molecule has 0 aliphatic heterocycles. The molecule has 2 aromatic rings. The first kappa shape index (κ1) is 14.1. The molecule has 0 aromatic heterocycles. The molecular weight excluding hydrogens is 356 g/mol. The monoisotopic (exact) mass is 359 g/mol. The molecule has 0 saturated heterocycles. The summed E-state index contributed by atoms with van der Waals surface area (Å²) in [5.41, 5.74) is 0.187. The lowest BCUT2D eigenvalue weighted by atomic mass is 10.2. The van der Waals surface area contributed by atoms with Crippen molar-refractivity contribution in [2.45, 2.75) is 0 Å². The molecule has 0 heterocycles. The summed E-state index contributed by atoms with van der Waals surface area (Å²) in [6, 6.07) is 9.29. The third kappa shape index (κ3) is 3.01. The van der Waals surface area contributed by atoms with Gasteiger partial charge >= 0.3 is 0 Å². The first-order chi connectivity index (χ1) is 9.02. The van der Waals surface area contributed by atoms with Crippen LogP contribution in [0, 0.1) is 17.1 Å². The van der Waals surface area contributed by atoms with Crippen molar-refractivity contribution in [1.29, 1.82) is 5.26 Å². The number of hydrogen-bond acceptors (Lipinski definition) is 2. The molecule has 0 spiro atoms. The number of nitrogens with zero attached hydrogens (tertiary/aromatic N) is 1. The van der Waals surface area contributed by atoms with E-state index in [-0.39, 0.29) is 26.6 Å². The summed E-state index contributed by atoms with van der Waals surface area (Å²) >= 11 is 14.7. The van der Waals surface area contributed by atoms with E-state index in [0.717, 1.165) is 0 Å². The Balaban J connectivity index is 2.39. The fourth-order valence-electron chi connectivity index (χ4n) is 1.37. The van der Waals surface area contributed by atoms with Gasteiger partial charge in [-0.25, -0.2) is 4.39 Å². The summed E-state index contributed by atoms with van der Waals surface area (Å²) in [4.78, 5) is 0. The third-order valence-electron chi connectivity index (χ3n) is 2.28. The Bertz CT molecular complexity index is 685. The van der Waals surface area contributed by atoms with Crippen LogP contribution < -0.4 is 4.74 Å². The molecule has 0 atom stereocenters. The molecule has 2 nitrogen and oxygen atoms in total. The van der Waals surface area contributed by atoms with Gasteiger partial charge in [-0.15, -0.1) is 0 Å². The largest absolute Gasteiger partial charge is 0.453 e. The van der Waals surface area contributed by atoms with Crippen molar-refractivity contribution in [3.63, 3.8) is 0 Å². The SMILES string of the molecule is N#Cc1ccc(Oc2ccc(Cl)cc2Cl)c(F)c1Br. The van der Waals surface area contributed by atoms with E-state index in [9.17, 15) is 4.39 Å². The lowest BCUT2D eigenvalue weighted by Gasteiger charge is -2.10. The van der Waals surface area contributed by atoms with Crippen molar-refractivity contribution in [2.75, 3.05) is 0 Å².